The average Bonchev–Trinajstić information content (AvgIpc) is 3.06. The minimum atomic E-state index is -0.939. The highest BCUT2D eigenvalue weighted by Gasteiger charge is 2.17. The molecule has 1 aromatic heterocycles. The van der Waals surface area contributed by atoms with E-state index < -0.39 is 23.1 Å². The lowest BCUT2D eigenvalue weighted by atomic mass is 10.2. The molecule has 1 heterocycles. The van der Waals surface area contributed by atoms with E-state index in [4.69, 9.17) is 16.0 Å². The van der Waals surface area contributed by atoms with Crippen molar-refractivity contribution in [2.24, 2.45) is 0 Å². The number of rotatable bonds is 6. The van der Waals surface area contributed by atoms with Gasteiger partial charge in [-0.1, -0.05) is 41.6 Å². The zero-order valence-electron chi connectivity index (χ0n) is 13.2. The summed E-state index contributed by atoms with van der Waals surface area (Å²) in [5, 5.41) is 10.9. The molecule has 0 unspecified atom stereocenters. The van der Waals surface area contributed by atoms with Crippen molar-refractivity contribution in [3.63, 3.8) is 0 Å². The largest absolute Gasteiger partial charge is 0.414 e. The monoisotopic (exact) mass is 395 g/mol. The third-order valence-corrected chi connectivity index (χ3v) is 4.41. The highest BCUT2D eigenvalue weighted by molar-refractivity contribution is 7.98. The van der Waals surface area contributed by atoms with Crippen molar-refractivity contribution in [1.29, 1.82) is 0 Å². The Hall–Kier alpha value is -2.45. The predicted molar refractivity (Wildman–Crippen MR) is 92.8 cm³/mol. The van der Waals surface area contributed by atoms with E-state index in [-0.39, 0.29) is 12.4 Å². The molecule has 1 amide bonds. The van der Waals surface area contributed by atoms with Gasteiger partial charge in [0.15, 0.2) is 0 Å². The number of nitrogens with one attached hydrogen (secondary N) is 1. The van der Waals surface area contributed by atoms with Gasteiger partial charge in [0.25, 0.3) is 11.1 Å². The molecule has 0 aliphatic carbocycles. The molecule has 0 aliphatic heterocycles. The standard InChI is InChI=1S/C17H12ClF2N3O2S/c18-11-4-1-3-10(7-11)9-26-17-23-22-14(25-17)8-21-16(24)15-12(19)5-2-6-13(15)20/h1-7H,8-9H2,(H,21,24). The minimum Gasteiger partial charge on any atom is -0.414 e. The van der Waals surface area contributed by atoms with Gasteiger partial charge in [-0.05, 0) is 29.8 Å². The number of benzene rings is 2. The molecule has 1 N–H and O–H groups in total. The van der Waals surface area contributed by atoms with Gasteiger partial charge in [-0.25, -0.2) is 8.78 Å². The number of carbonyl (C=O) groups excluding carboxylic acids is 1. The van der Waals surface area contributed by atoms with Crippen LogP contribution in [0.4, 0.5) is 8.78 Å². The van der Waals surface area contributed by atoms with Gasteiger partial charge in [0.1, 0.15) is 17.2 Å². The van der Waals surface area contributed by atoms with Gasteiger partial charge in [0.2, 0.25) is 5.89 Å². The first-order valence-corrected chi connectivity index (χ1v) is 8.81. The van der Waals surface area contributed by atoms with E-state index in [2.05, 4.69) is 15.5 Å². The molecule has 9 heteroatoms. The first-order chi connectivity index (χ1) is 12.5. The average molecular weight is 396 g/mol. The maximum absolute atomic E-state index is 13.6. The lowest BCUT2D eigenvalue weighted by Gasteiger charge is -2.04. The fraction of sp³-hybridized carbons (Fsp3) is 0.118. The fourth-order valence-electron chi connectivity index (χ4n) is 2.10. The quantitative estimate of drug-likeness (QED) is 0.633. The first-order valence-electron chi connectivity index (χ1n) is 7.45. The van der Waals surface area contributed by atoms with Gasteiger partial charge in [-0.15, -0.1) is 10.2 Å². The van der Waals surface area contributed by atoms with Gasteiger partial charge in [0, 0.05) is 10.8 Å². The molecule has 0 saturated heterocycles. The smallest absolute Gasteiger partial charge is 0.276 e. The number of thioether (sulfide) groups is 1. The van der Waals surface area contributed by atoms with Gasteiger partial charge in [-0.2, -0.15) is 0 Å². The fourth-order valence-corrected chi connectivity index (χ4v) is 3.04. The van der Waals surface area contributed by atoms with Crippen LogP contribution in [0.2, 0.25) is 5.02 Å². The molecule has 5 nitrogen and oxygen atoms in total. The van der Waals surface area contributed by atoms with Crippen LogP contribution in [-0.2, 0) is 12.3 Å². The van der Waals surface area contributed by atoms with Crippen molar-refractivity contribution in [2.75, 3.05) is 0 Å². The van der Waals surface area contributed by atoms with E-state index in [0.717, 1.165) is 17.7 Å². The Labute approximate surface area is 156 Å². The number of aromatic nitrogens is 2. The van der Waals surface area contributed by atoms with Gasteiger partial charge >= 0.3 is 0 Å². The molecule has 3 aromatic rings. The SMILES string of the molecule is O=C(NCc1nnc(SCc2cccc(Cl)c2)o1)c1c(F)cccc1F. The van der Waals surface area contributed by atoms with E-state index >= 15 is 0 Å². The van der Waals surface area contributed by atoms with Crippen LogP contribution in [0, 0.1) is 11.6 Å². The van der Waals surface area contributed by atoms with Gasteiger partial charge < -0.3 is 9.73 Å². The molecule has 0 fully saturated rings. The third-order valence-electron chi connectivity index (χ3n) is 3.29. The van der Waals surface area contributed by atoms with Crippen LogP contribution >= 0.6 is 23.4 Å². The summed E-state index contributed by atoms with van der Waals surface area (Å²) in [4.78, 5) is 11.9. The summed E-state index contributed by atoms with van der Waals surface area (Å²) >= 11 is 7.23. The van der Waals surface area contributed by atoms with E-state index in [1.54, 1.807) is 6.07 Å². The Morgan fingerprint density at radius 3 is 2.62 bits per heavy atom. The van der Waals surface area contributed by atoms with Crippen LogP contribution in [0.3, 0.4) is 0 Å². The van der Waals surface area contributed by atoms with Crippen LogP contribution in [0.5, 0.6) is 0 Å². The highest BCUT2D eigenvalue weighted by atomic mass is 35.5. The Kier molecular flexibility index (Phi) is 5.85. The molecule has 0 bridgehead atoms. The van der Waals surface area contributed by atoms with Crippen molar-refractivity contribution >= 4 is 29.3 Å². The van der Waals surface area contributed by atoms with Crippen LogP contribution in [0.1, 0.15) is 21.8 Å². The predicted octanol–water partition coefficient (Wildman–Crippen LogP) is 4.22. The molecular weight excluding hydrogens is 384 g/mol. The number of hydrogen-bond acceptors (Lipinski definition) is 5. The van der Waals surface area contributed by atoms with Crippen molar-refractivity contribution in [3.05, 3.63) is 76.1 Å². The van der Waals surface area contributed by atoms with Crippen LogP contribution < -0.4 is 5.32 Å². The molecule has 134 valence electrons. The highest BCUT2D eigenvalue weighted by Crippen LogP contribution is 2.23. The second kappa shape index (κ2) is 8.29. The van der Waals surface area contributed by atoms with Crippen molar-refractivity contribution in [2.45, 2.75) is 17.5 Å². The molecule has 0 saturated carbocycles. The summed E-state index contributed by atoms with van der Waals surface area (Å²) in [5.74, 6) is -2.07. The maximum atomic E-state index is 13.6. The normalized spacial score (nSPS) is 10.7. The van der Waals surface area contributed by atoms with Crippen molar-refractivity contribution < 1.29 is 18.0 Å². The topological polar surface area (TPSA) is 68.0 Å². The summed E-state index contributed by atoms with van der Waals surface area (Å²) in [5.41, 5.74) is 0.341. The summed E-state index contributed by atoms with van der Waals surface area (Å²) in [6, 6.07) is 10.6. The number of halogens is 3. The molecule has 0 radical (unpaired) electrons. The van der Waals surface area contributed by atoms with E-state index in [1.165, 1.54) is 17.8 Å². The van der Waals surface area contributed by atoms with E-state index in [9.17, 15) is 13.6 Å². The zero-order chi connectivity index (χ0) is 18.5. The molecule has 2 aromatic carbocycles. The maximum Gasteiger partial charge on any atom is 0.276 e. The second-order valence-electron chi connectivity index (χ2n) is 5.16. The zero-order valence-corrected chi connectivity index (χ0v) is 14.8. The number of nitrogens with zero attached hydrogens (tertiary/aromatic N) is 2. The summed E-state index contributed by atoms with van der Waals surface area (Å²) < 4.78 is 32.5. The van der Waals surface area contributed by atoms with Crippen molar-refractivity contribution in [3.8, 4) is 0 Å². The number of amides is 1. The molecular formula is C17H12ClF2N3O2S. The van der Waals surface area contributed by atoms with Gasteiger partial charge in [-0.3, -0.25) is 4.79 Å². The van der Waals surface area contributed by atoms with Gasteiger partial charge in [0.05, 0.1) is 6.54 Å². The Morgan fingerprint density at radius 2 is 1.88 bits per heavy atom. The molecule has 26 heavy (non-hydrogen) atoms. The second-order valence-corrected chi connectivity index (χ2v) is 6.52. The van der Waals surface area contributed by atoms with Crippen LogP contribution in [0.25, 0.3) is 0 Å². The van der Waals surface area contributed by atoms with Crippen LogP contribution in [0.15, 0.2) is 52.1 Å². The Morgan fingerprint density at radius 1 is 1.15 bits per heavy atom. The van der Waals surface area contributed by atoms with E-state index in [0.29, 0.717) is 16.0 Å². The molecule has 3 rings (SSSR count). The summed E-state index contributed by atoms with van der Waals surface area (Å²) in [7, 11) is 0. The Balaban J connectivity index is 1.56. The molecule has 0 spiro atoms. The lowest BCUT2D eigenvalue weighted by Crippen LogP contribution is -2.25. The number of carbonyl (C=O) groups is 1. The summed E-state index contributed by atoms with van der Waals surface area (Å²) in [6.07, 6.45) is 0. The van der Waals surface area contributed by atoms with Crippen LogP contribution in [-0.4, -0.2) is 16.1 Å². The molecule has 0 aliphatic rings. The first kappa shape index (κ1) is 18.3. The number of hydrogen-bond donors (Lipinski definition) is 1. The Bertz CT molecular complexity index is 916. The minimum absolute atomic E-state index is 0.128. The van der Waals surface area contributed by atoms with Crippen molar-refractivity contribution in [1.82, 2.24) is 15.5 Å². The van der Waals surface area contributed by atoms with E-state index in [1.807, 2.05) is 18.2 Å². The molecule has 0 atom stereocenters. The third kappa shape index (κ3) is 4.59. The lowest BCUT2D eigenvalue weighted by molar-refractivity contribution is 0.0938. The summed E-state index contributed by atoms with van der Waals surface area (Å²) in [6.45, 7) is -0.142.